The molecule has 0 saturated carbocycles. The summed E-state index contributed by atoms with van der Waals surface area (Å²) in [5, 5.41) is 6.91. The fraction of sp³-hybridized carbons (Fsp3) is 0.556. The minimum Gasteiger partial charge on any atom is -0.454 e. The summed E-state index contributed by atoms with van der Waals surface area (Å²) in [6, 6.07) is 5.70. The van der Waals surface area contributed by atoms with E-state index in [1.54, 1.807) is 0 Å². The molecule has 1 aromatic rings. The van der Waals surface area contributed by atoms with Gasteiger partial charge in [0.1, 0.15) is 0 Å². The third kappa shape index (κ3) is 5.44. The van der Waals surface area contributed by atoms with Crippen molar-refractivity contribution in [1.82, 2.24) is 5.32 Å². The third-order valence-electron chi connectivity index (χ3n) is 3.77. The van der Waals surface area contributed by atoms with E-state index in [1.807, 2.05) is 32.0 Å². The summed E-state index contributed by atoms with van der Waals surface area (Å²) in [5.74, 6) is 1.89. The Kier molecular flexibility index (Phi) is 6.46. The van der Waals surface area contributed by atoms with Crippen LogP contribution in [0.3, 0.4) is 0 Å². The minimum absolute atomic E-state index is 0.0894. The maximum absolute atomic E-state index is 11.8. The predicted molar refractivity (Wildman–Crippen MR) is 92.4 cm³/mol. The molecule has 1 N–H and O–H groups in total. The fourth-order valence-electron chi connectivity index (χ4n) is 2.33. The maximum Gasteiger partial charge on any atom is 0.260 e. The van der Waals surface area contributed by atoms with Gasteiger partial charge in [-0.15, -0.1) is 0 Å². The highest BCUT2D eigenvalue weighted by molar-refractivity contribution is 5.99. The number of hydrogen-bond donors (Lipinski definition) is 1. The van der Waals surface area contributed by atoms with Crippen LogP contribution in [0.15, 0.2) is 23.4 Å². The molecule has 1 amide bonds. The molecule has 0 bridgehead atoms. The number of fused-ring (bicyclic) bond motifs is 1. The Morgan fingerprint density at radius 1 is 1.25 bits per heavy atom. The second kappa shape index (κ2) is 8.57. The van der Waals surface area contributed by atoms with Gasteiger partial charge in [0.15, 0.2) is 18.1 Å². The number of carbonyl (C=O) groups excluding carboxylic acids is 1. The zero-order valence-corrected chi connectivity index (χ0v) is 14.8. The van der Waals surface area contributed by atoms with Crippen molar-refractivity contribution in [2.75, 3.05) is 13.4 Å². The van der Waals surface area contributed by atoms with E-state index in [1.165, 1.54) is 0 Å². The van der Waals surface area contributed by atoms with E-state index in [2.05, 4.69) is 24.3 Å². The first-order chi connectivity index (χ1) is 11.5. The Morgan fingerprint density at radius 3 is 2.75 bits per heavy atom. The summed E-state index contributed by atoms with van der Waals surface area (Å²) in [6.45, 7) is 8.31. The van der Waals surface area contributed by atoms with Gasteiger partial charge in [0, 0.05) is 11.6 Å². The van der Waals surface area contributed by atoms with Gasteiger partial charge in [-0.05, 0) is 50.8 Å². The number of hydrogen-bond acceptors (Lipinski definition) is 5. The Morgan fingerprint density at radius 2 is 2.00 bits per heavy atom. The van der Waals surface area contributed by atoms with Gasteiger partial charge in [-0.2, -0.15) is 0 Å². The number of amides is 1. The van der Waals surface area contributed by atoms with Crippen molar-refractivity contribution in [2.45, 2.75) is 46.6 Å². The van der Waals surface area contributed by atoms with Crippen molar-refractivity contribution in [1.29, 1.82) is 0 Å². The van der Waals surface area contributed by atoms with E-state index in [9.17, 15) is 4.79 Å². The Balaban J connectivity index is 1.77. The first-order valence-corrected chi connectivity index (χ1v) is 8.31. The van der Waals surface area contributed by atoms with Crippen molar-refractivity contribution < 1.29 is 19.1 Å². The standard InChI is InChI=1S/C18H26N2O4/c1-12(2)5-6-13(3)19-18(21)10-24-20-14(4)15-7-8-16-17(9-15)23-11-22-16/h7-9,12-13H,5-6,10-11H2,1-4H3,(H,19,21)/b20-14+. The summed E-state index contributed by atoms with van der Waals surface area (Å²) in [6.07, 6.45) is 2.05. The molecule has 24 heavy (non-hydrogen) atoms. The van der Waals surface area contributed by atoms with Gasteiger partial charge < -0.3 is 19.6 Å². The number of ether oxygens (including phenoxy) is 2. The molecule has 1 aliphatic heterocycles. The van der Waals surface area contributed by atoms with Crippen LogP contribution in [0.25, 0.3) is 0 Å². The normalized spacial score (nSPS) is 14.6. The molecule has 1 atom stereocenters. The van der Waals surface area contributed by atoms with Crippen LogP contribution in [0.5, 0.6) is 11.5 Å². The topological polar surface area (TPSA) is 69.2 Å². The van der Waals surface area contributed by atoms with Gasteiger partial charge in [0.2, 0.25) is 6.79 Å². The molecule has 1 aromatic carbocycles. The number of nitrogens with zero attached hydrogens (tertiary/aromatic N) is 1. The average molecular weight is 334 g/mol. The molecular weight excluding hydrogens is 308 g/mol. The summed E-state index contributed by atoms with van der Waals surface area (Å²) < 4.78 is 10.6. The van der Waals surface area contributed by atoms with E-state index < -0.39 is 0 Å². The molecule has 0 spiro atoms. The van der Waals surface area contributed by atoms with Crippen molar-refractivity contribution in [3.63, 3.8) is 0 Å². The van der Waals surface area contributed by atoms with Gasteiger partial charge in [-0.3, -0.25) is 4.79 Å². The second-order valence-corrected chi connectivity index (χ2v) is 6.46. The van der Waals surface area contributed by atoms with E-state index in [-0.39, 0.29) is 25.3 Å². The minimum atomic E-state index is -0.159. The predicted octanol–water partition coefficient (Wildman–Crippen LogP) is 3.10. The van der Waals surface area contributed by atoms with Crippen LogP contribution in [0.4, 0.5) is 0 Å². The molecule has 0 aromatic heterocycles. The quantitative estimate of drug-likeness (QED) is 0.586. The first-order valence-electron chi connectivity index (χ1n) is 8.31. The average Bonchev–Trinajstić information content (AvgIpc) is 3.00. The number of carbonyl (C=O) groups is 1. The zero-order valence-electron chi connectivity index (χ0n) is 14.8. The molecule has 0 aliphatic carbocycles. The van der Waals surface area contributed by atoms with E-state index in [0.717, 1.165) is 24.2 Å². The largest absolute Gasteiger partial charge is 0.454 e. The molecule has 1 aliphatic rings. The lowest BCUT2D eigenvalue weighted by molar-refractivity contribution is -0.126. The second-order valence-electron chi connectivity index (χ2n) is 6.46. The molecular formula is C18H26N2O4. The smallest absolute Gasteiger partial charge is 0.260 e. The molecule has 0 saturated heterocycles. The van der Waals surface area contributed by atoms with Crippen LogP contribution in [-0.2, 0) is 9.63 Å². The van der Waals surface area contributed by atoms with Crippen molar-refractivity contribution >= 4 is 11.6 Å². The van der Waals surface area contributed by atoms with Gasteiger partial charge in [-0.25, -0.2) is 0 Å². The molecule has 6 nitrogen and oxygen atoms in total. The maximum atomic E-state index is 11.8. The highest BCUT2D eigenvalue weighted by Gasteiger charge is 2.14. The van der Waals surface area contributed by atoms with E-state index in [0.29, 0.717) is 17.4 Å². The monoisotopic (exact) mass is 334 g/mol. The summed E-state index contributed by atoms with van der Waals surface area (Å²) in [7, 11) is 0. The summed E-state index contributed by atoms with van der Waals surface area (Å²) in [5.41, 5.74) is 1.54. The highest BCUT2D eigenvalue weighted by Crippen LogP contribution is 2.32. The number of benzene rings is 1. The van der Waals surface area contributed by atoms with Crippen LogP contribution >= 0.6 is 0 Å². The Bertz CT molecular complexity index is 599. The van der Waals surface area contributed by atoms with Gasteiger partial charge in [-0.1, -0.05) is 19.0 Å². The lowest BCUT2D eigenvalue weighted by Crippen LogP contribution is -2.35. The molecule has 0 fully saturated rings. The van der Waals surface area contributed by atoms with E-state index >= 15 is 0 Å². The molecule has 6 heteroatoms. The van der Waals surface area contributed by atoms with Crippen LogP contribution in [0, 0.1) is 5.92 Å². The molecule has 132 valence electrons. The van der Waals surface area contributed by atoms with Crippen LogP contribution < -0.4 is 14.8 Å². The summed E-state index contributed by atoms with van der Waals surface area (Å²) >= 11 is 0. The summed E-state index contributed by atoms with van der Waals surface area (Å²) in [4.78, 5) is 17.0. The lowest BCUT2D eigenvalue weighted by Gasteiger charge is -2.14. The SMILES string of the molecule is C/C(=N\OCC(=O)NC(C)CCC(C)C)c1ccc2c(c1)OCO2. The Labute approximate surface area is 143 Å². The molecule has 0 radical (unpaired) electrons. The first kappa shape index (κ1) is 18.1. The van der Waals surface area contributed by atoms with Crippen LogP contribution in [-0.4, -0.2) is 31.1 Å². The Hall–Kier alpha value is -2.24. The van der Waals surface area contributed by atoms with Crippen molar-refractivity contribution in [2.24, 2.45) is 11.1 Å². The number of oxime groups is 1. The van der Waals surface area contributed by atoms with Gasteiger partial charge in [0.25, 0.3) is 5.91 Å². The molecule has 1 heterocycles. The number of nitrogens with one attached hydrogen (secondary N) is 1. The van der Waals surface area contributed by atoms with Crippen molar-refractivity contribution in [3.8, 4) is 11.5 Å². The molecule has 2 rings (SSSR count). The zero-order chi connectivity index (χ0) is 17.5. The fourth-order valence-corrected chi connectivity index (χ4v) is 2.33. The van der Waals surface area contributed by atoms with Crippen LogP contribution in [0.2, 0.25) is 0 Å². The molecule has 1 unspecified atom stereocenters. The van der Waals surface area contributed by atoms with Gasteiger partial charge >= 0.3 is 0 Å². The van der Waals surface area contributed by atoms with Crippen LogP contribution in [0.1, 0.15) is 46.1 Å². The van der Waals surface area contributed by atoms with Crippen molar-refractivity contribution in [3.05, 3.63) is 23.8 Å². The lowest BCUT2D eigenvalue weighted by atomic mass is 10.0. The van der Waals surface area contributed by atoms with Gasteiger partial charge in [0.05, 0.1) is 5.71 Å². The van der Waals surface area contributed by atoms with E-state index in [4.69, 9.17) is 14.3 Å². The number of rotatable bonds is 8. The highest BCUT2D eigenvalue weighted by atomic mass is 16.7. The third-order valence-corrected chi connectivity index (χ3v) is 3.77.